The van der Waals surface area contributed by atoms with Crippen LogP contribution in [0.4, 0.5) is 0 Å². The Kier molecular flexibility index (Phi) is 3.24. The second kappa shape index (κ2) is 2.87. The minimum atomic E-state index is -0.0181. The van der Waals surface area contributed by atoms with Gasteiger partial charge in [0, 0.05) is 0 Å². The molecule has 0 rings (SSSR count). The molecule has 1 nitrogen and oxygen atoms in total. The van der Waals surface area contributed by atoms with Crippen LogP contribution >= 0.6 is 0 Å². The molecule has 1 N–H and O–H groups in total. The van der Waals surface area contributed by atoms with Gasteiger partial charge in [-0.3, -0.25) is 0 Å². The molecule has 38 valence electrons. The van der Waals surface area contributed by atoms with Crippen LogP contribution < -0.4 is 0 Å². The number of rotatable bonds is 1. The summed E-state index contributed by atoms with van der Waals surface area (Å²) < 4.78 is -0.0181. The van der Waals surface area contributed by atoms with Gasteiger partial charge < -0.3 is 0 Å². The van der Waals surface area contributed by atoms with Gasteiger partial charge in [-0.05, 0) is 0 Å². The average molecular weight is 197 g/mol. The molecule has 0 heterocycles. The summed E-state index contributed by atoms with van der Waals surface area (Å²) in [4.78, 5) is 0. The summed E-state index contributed by atoms with van der Waals surface area (Å²) in [6, 6.07) is 0. The topological polar surface area (TPSA) is 20.2 Å². The zero-order chi connectivity index (χ0) is 5.15. The van der Waals surface area contributed by atoms with Gasteiger partial charge in [-0.2, -0.15) is 0 Å². The van der Waals surface area contributed by atoms with E-state index in [1.807, 2.05) is 13.8 Å². The van der Waals surface area contributed by atoms with Crippen LogP contribution in [0, 0.1) is 5.92 Å². The molecule has 1 atom stereocenters. The molecule has 0 aliphatic rings. The SMILES string of the molecule is CC(C)[CH](O)[SbH2]. The Hall–Kier alpha value is 0.778. The molecule has 1 unspecified atom stereocenters. The summed E-state index contributed by atoms with van der Waals surface area (Å²) in [6.07, 6.45) is 0. The van der Waals surface area contributed by atoms with E-state index in [9.17, 15) is 0 Å². The summed E-state index contributed by atoms with van der Waals surface area (Å²) >= 11 is 0.966. The summed E-state index contributed by atoms with van der Waals surface area (Å²) in [6.45, 7) is 4.05. The monoisotopic (exact) mass is 196 g/mol. The number of hydrogen-bond acceptors (Lipinski definition) is 1. The normalized spacial score (nSPS) is 15.5. The minimum absolute atomic E-state index is 0.0181. The third-order valence-corrected chi connectivity index (χ3v) is 2.88. The van der Waals surface area contributed by atoms with E-state index < -0.39 is 0 Å². The van der Waals surface area contributed by atoms with Gasteiger partial charge in [0.1, 0.15) is 0 Å². The molecule has 0 saturated carbocycles. The Bertz CT molecular complexity index is 28.5. The molecule has 0 saturated heterocycles. The predicted octanol–water partition coefficient (Wildman–Crippen LogP) is -0.406. The molecular formula is C4H11OSb. The van der Waals surface area contributed by atoms with Gasteiger partial charge in [-0.1, -0.05) is 0 Å². The van der Waals surface area contributed by atoms with Crippen LogP contribution in [-0.4, -0.2) is 32.2 Å². The molecule has 0 aliphatic heterocycles. The van der Waals surface area contributed by atoms with E-state index in [0.29, 0.717) is 5.92 Å². The molecule has 0 bridgehead atoms. The molecule has 0 aliphatic carbocycles. The van der Waals surface area contributed by atoms with Crippen LogP contribution in [0.5, 0.6) is 0 Å². The van der Waals surface area contributed by atoms with Crippen molar-refractivity contribution in [2.45, 2.75) is 17.9 Å². The van der Waals surface area contributed by atoms with Gasteiger partial charge in [0.2, 0.25) is 0 Å². The van der Waals surface area contributed by atoms with Gasteiger partial charge >= 0.3 is 51.9 Å². The fraction of sp³-hybridized carbons (Fsp3) is 1.00. The summed E-state index contributed by atoms with van der Waals surface area (Å²) in [5.74, 6) is 0.465. The molecular weight excluding hydrogens is 186 g/mol. The van der Waals surface area contributed by atoms with Gasteiger partial charge in [0.05, 0.1) is 0 Å². The van der Waals surface area contributed by atoms with Crippen molar-refractivity contribution in [1.29, 1.82) is 0 Å². The van der Waals surface area contributed by atoms with E-state index in [1.54, 1.807) is 0 Å². The molecule has 0 amide bonds. The van der Waals surface area contributed by atoms with Gasteiger partial charge in [0.25, 0.3) is 0 Å². The summed E-state index contributed by atoms with van der Waals surface area (Å²) in [7, 11) is 0. The van der Waals surface area contributed by atoms with Crippen LogP contribution in [0.1, 0.15) is 13.8 Å². The maximum absolute atomic E-state index is 8.69. The van der Waals surface area contributed by atoms with E-state index in [-0.39, 0.29) is 4.05 Å². The van der Waals surface area contributed by atoms with E-state index in [4.69, 9.17) is 5.11 Å². The fourth-order valence-corrected chi connectivity index (χ4v) is 0. The van der Waals surface area contributed by atoms with Crippen LogP contribution in [0.15, 0.2) is 0 Å². The van der Waals surface area contributed by atoms with Crippen molar-refractivity contribution >= 4 is 23.0 Å². The Labute approximate surface area is 52.2 Å². The van der Waals surface area contributed by atoms with Crippen molar-refractivity contribution < 1.29 is 5.11 Å². The zero-order valence-corrected chi connectivity index (χ0v) is 7.47. The molecule has 0 aromatic rings. The number of aliphatic hydroxyl groups is 1. The van der Waals surface area contributed by atoms with Gasteiger partial charge in [-0.25, -0.2) is 0 Å². The second-order valence-corrected chi connectivity index (χ2v) is 3.68. The molecule has 6 heavy (non-hydrogen) atoms. The Morgan fingerprint density at radius 3 is 1.67 bits per heavy atom. The first-order valence-corrected chi connectivity index (χ1v) is 3.98. The first-order valence-electron chi connectivity index (χ1n) is 2.08. The first kappa shape index (κ1) is 6.78. The van der Waals surface area contributed by atoms with E-state index in [1.165, 1.54) is 0 Å². The summed E-state index contributed by atoms with van der Waals surface area (Å²) in [5.41, 5.74) is 0. The Morgan fingerprint density at radius 2 is 1.67 bits per heavy atom. The molecule has 0 fully saturated rings. The van der Waals surface area contributed by atoms with Crippen molar-refractivity contribution in [3.63, 3.8) is 0 Å². The molecule has 0 aromatic carbocycles. The van der Waals surface area contributed by atoms with E-state index >= 15 is 0 Å². The van der Waals surface area contributed by atoms with Crippen molar-refractivity contribution in [1.82, 2.24) is 0 Å². The Morgan fingerprint density at radius 1 is 1.50 bits per heavy atom. The van der Waals surface area contributed by atoms with Crippen molar-refractivity contribution in [3.8, 4) is 0 Å². The fourth-order valence-electron chi connectivity index (χ4n) is 0. The predicted molar refractivity (Wildman–Crippen MR) is 29.4 cm³/mol. The zero-order valence-electron chi connectivity index (χ0n) is 4.18. The second-order valence-electron chi connectivity index (χ2n) is 1.73. The molecule has 0 aromatic heterocycles. The van der Waals surface area contributed by atoms with Crippen LogP contribution in [0.3, 0.4) is 0 Å². The van der Waals surface area contributed by atoms with Crippen LogP contribution in [0.2, 0.25) is 0 Å². The number of hydrogen-bond donors (Lipinski definition) is 1. The van der Waals surface area contributed by atoms with Crippen molar-refractivity contribution in [3.05, 3.63) is 0 Å². The maximum atomic E-state index is 8.69. The van der Waals surface area contributed by atoms with E-state index in [2.05, 4.69) is 0 Å². The number of aliphatic hydroxyl groups excluding tert-OH is 1. The standard InChI is InChI=1S/C4H9O.Sb.2H/c1-4(2)3-5;;;/h3-5H,1-2H3;;;. The van der Waals surface area contributed by atoms with Crippen LogP contribution in [0.25, 0.3) is 0 Å². The quantitative estimate of drug-likeness (QED) is 0.566. The van der Waals surface area contributed by atoms with Crippen molar-refractivity contribution in [2.75, 3.05) is 0 Å². The Balaban J connectivity index is 2.99. The third-order valence-electron chi connectivity index (χ3n) is 0.683. The van der Waals surface area contributed by atoms with E-state index in [0.717, 1.165) is 23.0 Å². The molecule has 0 spiro atoms. The first-order chi connectivity index (χ1) is 2.64. The third kappa shape index (κ3) is 2.99. The van der Waals surface area contributed by atoms with Crippen molar-refractivity contribution in [2.24, 2.45) is 5.92 Å². The molecule has 0 radical (unpaired) electrons. The molecule has 2 heteroatoms. The summed E-state index contributed by atoms with van der Waals surface area (Å²) in [5, 5.41) is 8.69. The van der Waals surface area contributed by atoms with Crippen LogP contribution in [-0.2, 0) is 0 Å². The van der Waals surface area contributed by atoms with Gasteiger partial charge in [-0.15, -0.1) is 0 Å². The van der Waals surface area contributed by atoms with Gasteiger partial charge in [0.15, 0.2) is 0 Å². The average Bonchev–Trinajstić information content (AvgIpc) is 1.36.